The third kappa shape index (κ3) is 1.75. The molecule has 2 unspecified atom stereocenters. The minimum absolute atomic E-state index is 0.0486. The number of amides is 1. The van der Waals surface area contributed by atoms with Gasteiger partial charge in [0.15, 0.2) is 0 Å². The van der Waals surface area contributed by atoms with Gasteiger partial charge in [0.2, 0.25) is 5.91 Å². The highest BCUT2D eigenvalue weighted by Gasteiger charge is 2.47. The fraction of sp³-hybridized carbons (Fsp3) is 0.636. The maximum absolute atomic E-state index is 11.4. The van der Waals surface area contributed by atoms with Gasteiger partial charge in [0.25, 0.3) is 0 Å². The predicted molar refractivity (Wildman–Crippen MR) is 63.4 cm³/mol. The van der Waals surface area contributed by atoms with E-state index in [4.69, 9.17) is 0 Å². The molecule has 2 fully saturated rings. The molecule has 2 saturated heterocycles. The van der Waals surface area contributed by atoms with Crippen molar-refractivity contribution >= 4 is 23.6 Å². The zero-order chi connectivity index (χ0) is 12.0. The largest absolute Gasteiger partial charge is 0.477 e. The Balaban J connectivity index is 1.81. The highest BCUT2D eigenvalue weighted by atomic mass is 32.2. The van der Waals surface area contributed by atoms with E-state index in [1.807, 2.05) is 0 Å². The molecule has 0 aromatic heterocycles. The van der Waals surface area contributed by atoms with Gasteiger partial charge in [-0.15, -0.1) is 11.8 Å². The number of aliphatic carboxylic acids is 1. The molecular weight excluding hydrogens is 240 g/mol. The van der Waals surface area contributed by atoms with Crippen LogP contribution in [-0.4, -0.2) is 46.3 Å². The minimum Gasteiger partial charge on any atom is -0.477 e. The van der Waals surface area contributed by atoms with Crippen molar-refractivity contribution in [2.75, 3.05) is 13.1 Å². The first-order chi connectivity index (χ1) is 8.16. The summed E-state index contributed by atoms with van der Waals surface area (Å²) in [5.74, 6) is -1.01. The van der Waals surface area contributed by atoms with Crippen molar-refractivity contribution in [3.05, 3.63) is 10.6 Å². The van der Waals surface area contributed by atoms with E-state index in [2.05, 4.69) is 5.32 Å². The van der Waals surface area contributed by atoms with E-state index in [9.17, 15) is 14.7 Å². The summed E-state index contributed by atoms with van der Waals surface area (Å²) >= 11 is 1.64. The third-order valence-electron chi connectivity index (χ3n) is 3.50. The van der Waals surface area contributed by atoms with E-state index in [1.54, 1.807) is 11.8 Å². The molecule has 0 radical (unpaired) electrons. The maximum Gasteiger partial charge on any atom is 0.353 e. The number of hydrogen-bond acceptors (Lipinski definition) is 4. The fourth-order valence-electron chi connectivity index (χ4n) is 2.65. The van der Waals surface area contributed by atoms with Gasteiger partial charge in [-0.05, 0) is 13.0 Å². The number of nitrogens with zero attached hydrogens (tertiary/aromatic N) is 1. The molecule has 0 spiro atoms. The summed E-state index contributed by atoms with van der Waals surface area (Å²) in [4.78, 5) is 25.0. The number of carboxylic acids is 1. The van der Waals surface area contributed by atoms with Crippen LogP contribution in [0.4, 0.5) is 0 Å². The summed E-state index contributed by atoms with van der Waals surface area (Å²) in [6, 6.07) is 0.116. The van der Waals surface area contributed by atoms with E-state index in [0.29, 0.717) is 11.7 Å². The summed E-state index contributed by atoms with van der Waals surface area (Å²) < 4.78 is 0. The number of thioether (sulfide) groups is 1. The van der Waals surface area contributed by atoms with Crippen molar-refractivity contribution in [3.8, 4) is 0 Å². The Hall–Kier alpha value is -1.01. The van der Waals surface area contributed by atoms with Gasteiger partial charge in [-0.25, -0.2) is 4.79 Å². The molecule has 2 N–H and O–H groups in total. The van der Waals surface area contributed by atoms with E-state index in [1.165, 1.54) is 4.90 Å². The first-order valence-electron chi connectivity index (χ1n) is 5.82. The average Bonchev–Trinajstić information content (AvgIpc) is 2.84. The Kier molecular flexibility index (Phi) is 2.63. The van der Waals surface area contributed by atoms with Crippen LogP contribution < -0.4 is 5.32 Å². The summed E-state index contributed by atoms with van der Waals surface area (Å²) in [7, 11) is 0. The second-order valence-electron chi connectivity index (χ2n) is 4.64. The SMILES string of the molecule is O=C(O)C1=C(SC2CCNC2)CC2CC(=O)N12. The lowest BCUT2D eigenvalue weighted by Crippen LogP contribution is -2.49. The molecule has 0 saturated carbocycles. The first kappa shape index (κ1) is 11.1. The Morgan fingerprint density at radius 1 is 1.47 bits per heavy atom. The van der Waals surface area contributed by atoms with Crippen LogP contribution in [0.5, 0.6) is 0 Å². The van der Waals surface area contributed by atoms with Gasteiger partial charge in [-0.2, -0.15) is 0 Å². The first-order valence-corrected chi connectivity index (χ1v) is 6.70. The van der Waals surface area contributed by atoms with Gasteiger partial charge in [0, 0.05) is 29.5 Å². The molecule has 92 valence electrons. The van der Waals surface area contributed by atoms with E-state index in [0.717, 1.165) is 30.8 Å². The van der Waals surface area contributed by atoms with Gasteiger partial charge in [-0.1, -0.05) is 0 Å². The van der Waals surface area contributed by atoms with Crippen LogP contribution in [0.1, 0.15) is 19.3 Å². The summed E-state index contributed by atoms with van der Waals surface area (Å²) in [5.41, 5.74) is 0.239. The number of hydrogen-bond donors (Lipinski definition) is 2. The highest BCUT2D eigenvalue weighted by Crippen LogP contribution is 2.44. The quantitative estimate of drug-likeness (QED) is 0.713. The molecule has 3 rings (SSSR count). The van der Waals surface area contributed by atoms with Crippen molar-refractivity contribution in [1.29, 1.82) is 0 Å². The van der Waals surface area contributed by atoms with Crippen molar-refractivity contribution in [3.63, 3.8) is 0 Å². The molecule has 0 aliphatic carbocycles. The molecule has 3 heterocycles. The molecule has 3 aliphatic rings. The molecular formula is C11H14N2O3S. The number of carbonyl (C=O) groups excluding carboxylic acids is 1. The second kappa shape index (κ2) is 4.03. The lowest BCUT2D eigenvalue weighted by Gasteiger charge is -2.34. The molecule has 0 aromatic carbocycles. The number of nitrogens with one attached hydrogen (secondary N) is 1. The summed E-state index contributed by atoms with van der Waals surface area (Å²) in [6.07, 6.45) is 2.30. The summed E-state index contributed by atoms with van der Waals surface area (Å²) in [5, 5.41) is 12.9. The summed E-state index contributed by atoms with van der Waals surface area (Å²) in [6.45, 7) is 1.93. The predicted octanol–water partition coefficient (Wildman–Crippen LogP) is 0.382. The lowest BCUT2D eigenvalue weighted by atomic mass is 10.0. The van der Waals surface area contributed by atoms with Gasteiger partial charge >= 0.3 is 5.97 Å². The number of fused-ring (bicyclic) bond motifs is 1. The highest BCUT2D eigenvalue weighted by molar-refractivity contribution is 8.03. The van der Waals surface area contributed by atoms with Crippen molar-refractivity contribution < 1.29 is 14.7 Å². The minimum atomic E-state index is -0.964. The van der Waals surface area contributed by atoms with Crippen molar-refractivity contribution in [2.24, 2.45) is 0 Å². The van der Waals surface area contributed by atoms with E-state index < -0.39 is 5.97 Å². The molecule has 0 bridgehead atoms. The number of rotatable bonds is 3. The Bertz CT molecular complexity index is 415. The average molecular weight is 254 g/mol. The van der Waals surface area contributed by atoms with Crippen LogP contribution >= 0.6 is 11.8 Å². The van der Waals surface area contributed by atoms with Crippen LogP contribution in [0.3, 0.4) is 0 Å². The number of carbonyl (C=O) groups is 2. The zero-order valence-corrected chi connectivity index (χ0v) is 10.1. The zero-order valence-electron chi connectivity index (χ0n) is 9.31. The molecule has 6 heteroatoms. The maximum atomic E-state index is 11.4. The molecule has 5 nitrogen and oxygen atoms in total. The molecule has 1 amide bonds. The second-order valence-corrected chi connectivity index (χ2v) is 6.03. The monoisotopic (exact) mass is 254 g/mol. The number of carboxylic acid groups (broad SMARTS) is 1. The van der Waals surface area contributed by atoms with E-state index >= 15 is 0 Å². The van der Waals surface area contributed by atoms with Crippen LogP contribution in [0.2, 0.25) is 0 Å². The molecule has 2 atom stereocenters. The Labute approximate surface area is 103 Å². The molecule has 17 heavy (non-hydrogen) atoms. The van der Waals surface area contributed by atoms with Crippen LogP contribution in [0.15, 0.2) is 10.6 Å². The normalized spacial score (nSPS) is 31.8. The Morgan fingerprint density at radius 2 is 2.29 bits per heavy atom. The van der Waals surface area contributed by atoms with Crippen LogP contribution in [0.25, 0.3) is 0 Å². The fourth-order valence-corrected chi connectivity index (χ4v) is 4.08. The van der Waals surface area contributed by atoms with Crippen molar-refractivity contribution in [1.82, 2.24) is 10.2 Å². The van der Waals surface area contributed by atoms with Crippen LogP contribution in [0, 0.1) is 0 Å². The topological polar surface area (TPSA) is 69.6 Å². The van der Waals surface area contributed by atoms with Gasteiger partial charge in [0.1, 0.15) is 5.70 Å². The van der Waals surface area contributed by atoms with Crippen LogP contribution in [-0.2, 0) is 9.59 Å². The van der Waals surface area contributed by atoms with Gasteiger partial charge in [0.05, 0.1) is 6.04 Å². The van der Waals surface area contributed by atoms with E-state index in [-0.39, 0.29) is 17.6 Å². The van der Waals surface area contributed by atoms with Crippen molar-refractivity contribution in [2.45, 2.75) is 30.6 Å². The number of β-lactam (4-membered cyclic amide) rings is 1. The lowest BCUT2D eigenvalue weighted by molar-refractivity contribution is -0.147. The molecule has 0 aromatic rings. The third-order valence-corrected chi connectivity index (χ3v) is 4.88. The molecule has 3 aliphatic heterocycles. The Morgan fingerprint density at radius 3 is 2.88 bits per heavy atom. The standard InChI is InChI=1S/C11H14N2O3S/c14-9-4-6-3-8(10(11(15)16)13(6)9)17-7-1-2-12-5-7/h6-7,12H,1-5H2,(H,15,16). The van der Waals surface area contributed by atoms with Gasteiger partial charge in [-0.3, -0.25) is 4.79 Å². The smallest absolute Gasteiger partial charge is 0.353 e. The van der Waals surface area contributed by atoms with Gasteiger partial charge < -0.3 is 15.3 Å².